The smallest absolute Gasteiger partial charge is 0.299 e. The van der Waals surface area contributed by atoms with Gasteiger partial charge in [0.1, 0.15) is 5.82 Å². The standard InChI is InChI=1S/C13H12BrClFNO2/c1-2-7(5-14)6-17-11-9(16)4-3-8(15)10(11)12(18)13(17)19/h3-4,7H,2,5-6H2,1H3. The van der Waals surface area contributed by atoms with Gasteiger partial charge in [0.15, 0.2) is 0 Å². The Kier molecular flexibility index (Phi) is 4.26. The maximum Gasteiger partial charge on any atom is 0.299 e. The molecule has 0 radical (unpaired) electrons. The van der Waals surface area contributed by atoms with E-state index in [4.69, 9.17) is 11.6 Å². The lowest BCUT2D eigenvalue weighted by molar-refractivity contribution is -0.114. The molecule has 0 spiro atoms. The molecule has 2 rings (SSSR count). The predicted octanol–water partition coefficient (Wildman–Crippen LogP) is 3.43. The summed E-state index contributed by atoms with van der Waals surface area (Å²) in [7, 11) is 0. The third-order valence-electron chi connectivity index (χ3n) is 3.25. The van der Waals surface area contributed by atoms with E-state index in [2.05, 4.69) is 15.9 Å². The zero-order chi connectivity index (χ0) is 14.2. The van der Waals surface area contributed by atoms with Gasteiger partial charge in [0, 0.05) is 11.9 Å². The maximum atomic E-state index is 13.9. The molecule has 0 saturated carbocycles. The SMILES string of the molecule is CCC(CBr)CN1C(=O)C(=O)c2c(Cl)ccc(F)c21. The number of alkyl halides is 1. The van der Waals surface area contributed by atoms with Crippen molar-refractivity contribution in [3.8, 4) is 0 Å². The molecule has 1 aromatic carbocycles. The number of ketones is 1. The second-order valence-electron chi connectivity index (χ2n) is 4.43. The van der Waals surface area contributed by atoms with Crippen molar-refractivity contribution in [1.82, 2.24) is 0 Å². The molecule has 102 valence electrons. The molecule has 1 heterocycles. The van der Waals surface area contributed by atoms with Crippen LogP contribution in [0.5, 0.6) is 0 Å². The lowest BCUT2D eigenvalue weighted by Gasteiger charge is -2.22. The number of fused-ring (bicyclic) bond motifs is 1. The summed E-state index contributed by atoms with van der Waals surface area (Å²) in [6.07, 6.45) is 0.820. The molecule has 1 aromatic rings. The zero-order valence-electron chi connectivity index (χ0n) is 10.3. The average Bonchev–Trinajstić information content (AvgIpc) is 2.66. The molecule has 0 N–H and O–H groups in total. The molecule has 0 bridgehead atoms. The van der Waals surface area contributed by atoms with E-state index < -0.39 is 17.5 Å². The van der Waals surface area contributed by atoms with Gasteiger partial charge in [0.05, 0.1) is 16.3 Å². The fourth-order valence-corrected chi connectivity index (χ4v) is 2.97. The van der Waals surface area contributed by atoms with Gasteiger partial charge in [-0.1, -0.05) is 40.9 Å². The Balaban J connectivity index is 2.47. The van der Waals surface area contributed by atoms with E-state index in [1.807, 2.05) is 6.92 Å². The van der Waals surface area contributed by atoms with Crippen LogP contribution in [0.2, 0.25) is 5.02 Å². The molecule has 1 atom stereocenters. The van der Waals surface area contributed by atoms with Crippen LogP contribution < -0.4 is 4.90 Å². The van der Waals surface area contributed by atoms with Crippen molar-refractivity contribution < 1.29 is 14.0 Å². The molecule has 1 amide bonds. The Labute approximate surface area is 123 Å². The number of hydrogen-bond donors (Lipinski definition) is 0. The Morgan fingerprint density at radius 2 is 2.11 bits per heavy atom. The first-order valence-corrected chi connectivity index (χ1v) is 7.41. The Hall–Kier alpha value is -0.940. The molecule has 0 saturated heterocycles. The van der Waals surface area contributed by atoms with Gasteiger partial charge < -0.3 is 4.90 Å². The molecule has 0 aromatic heterocycles. The second-order valence-corrected chi connectivity index (χ2v) is 5.48. The summed E-state index contributed by atoms with van der Waals surface area (Å²) < 4.78 is 13.9. The highest BCUT2D eigenvalue weighted by molar-refractivity contribution is 9.09. The number of Topliss-reactive ketones (excluding diaryl/α,β-unsaturated/α-hetero) is 1. The maximum absolute atomic E-state index is 13.9. The number of anilines is 1. The first-order valence-electron chi connectivity index (χ1n) is 5.91. The van der Waals surface area contributed by atoms with Gasteiger partial charge in [-0.2, -0.15) is 0 Å². The predicted molar refractivity (Wildman–Crippen MR) is 75.7 cm³/mol. The largest absolute Gasteiger partial charge is 0.302 e. The second kappa shape index (κ2) is 5.59. The summed E-state index contributed by atoms with van der Waals surface area (Å²) in [5, 5.41) is 0.794. The van der Waals surface area contributed by atoms with Gasteiger partial charge in [-0.3, -0.25) is 9.59 Å². The van der Waals surface area contributed by atoms with Crippen molar-refractivity contribution in [3.05, 3.63) is 28.5 Å². The van der Waals surface area contributed by atoms with Crippen LogP contribution in [0.3, 0.4) is 0 Å². The molecule has 0 aliphatic carbocycles. The number of halogens is 3. The van der Waals surface area contributed by atoms with Crippen LogP contribution >= 0.6 is 27.5 Å². The van der Waals surface area contributed by atoms with Crippen molar-refractivity contribution in [2.24, 2.45) is 5.92 Å². The summed E-state index contributed by atoms with van der Waals surface area (Å²) in [5.41, 5.74) is -0.00186. The minimum atomic E-state index is -0.732. The van der Waals surface area contributed by atoms with Crippen LogP contribution in [0.1, 0.15) is 23.7 Å². The van der Waals surface area contributed by atoms with Gasteiger partial charge in [-0.05, 0) is 18.1 Å². The van der Waals surface area contributed by atoms with E-state index in [9.17, 15) is 14.0 Å². The Bertz CT molecular complexity index is 546. The van der Waals surface area contributed by atoms with Crippen molar-refractivity contribution in [1.29, 1.82) is 0 Å². The molecular formula is C13H12BrClFNO2. The zero-order valence-corrected chi connectivity index (χ0v) is 12.6. The van der Waals surface area contributed by atoms with Crippen molar-refractivity contribution in [2.75, 3.05) is 16.8 Å². The van der Waals surface area contributed by atoms with Crippen LogP contribution in [0.15, 0.2) is 12.1 Å². The number of carbonyl (C=O) groups excluding carboxylic acids is 2. The lowest BCUT2D eigenvalue weighted by atomic mass is 10.1. The number of nitrogens with zero attached hydrogens (tertiary/aromatic N) is 1. The van der Waals surface area contributed by atoms with E-state index in [1.165, 1.54) is 17.0 Å². The van der Waals surface area contributed by atoms with Crippen LogP contribution in [0, 0.1) is 11.7 Å². The molecule has 0 fully saturated rings. The minimum absolute atomic E-state index is 0.0156. The average molecular weight is 349 g/mol. The first kappa shape index (κ1) is 14.5. The van der Waals surface area contributed by atoms with Gasteiger partial charge >= 0.3 is 0 Å². The van der Waals surface area contributed by atoms with Crippen LogP contribution in [0.4, 0.5) is 10.1 Å². The fraction of sp³-hybridized carbons (Fsp3) is 0.385. The number of amides is 1. The fourth-order valence-electron chi connectivity index (χ4n) is 2.07. The Morgan fingerprint density at radius 3 is 2.68 bits per heavy atom. The third-order valence-corrected chi connectivity index (χ3v) is 4.48. The monoisotopic (exact) mass is 347 g/mol. The van der Waals surface area contributed by atoms with Gasteiger partial charge in [0.2, 0.25) is 0 Å². The van der Waals surface area contributed by atoms with Crippen molar-refractivity contribution in [2.45, 2.75) is 13.3 Å². The third kappa shape index (κ3) is 2.41. The normalized spacial score (nSPS) is 15.9. The van der Waals surface area contributed by atoms with Gasteiger partial charge in [-0.25, -0.2) is 4.39 Å². The highest BCUT2D eigenvalue weighted by Crippen LogP contribution is 2.37. The highest BCUT2D eigenvalue weighted by atomic mass is 79.9. The molecule has 3 nitrogen and oxygen atoms in total. The first-order chi connectivity index (χ1) is 9.01. The number of benzene rings is 1. The lowest BCUT2D eigenvalue weighted by Crippen LogP contribution is -2.35. The van der Waals surface area contributed by atoms with Gasteiger partial charge in [-0.15, -0.1) is 0 Å². The molecule has 19 heavy (non-hydrogen) atoms. The van der Waals surface area contributed by atoms with Crippen molar-refractivity contribution >= 4 is 44.9 Å². The van der Waals surface area contributed by atoms with Crippen LogP contribution in [-0.2, 0) is 4.79 Å². The van der Waals surface area contributed by atoms with E-state index in [0.717, 1.165) is 6.42 Å². The van der Waals surface area contributed by atoms with E-state index >= 15 is 0 Å². The number of carbonyl (C=O) groups is 2. The van der Waals surface area contributed by atoms with E-state index in [1.54, 1.807) is 0 Å². The molecule has 1 unspecified atom stereocenters. The summed E-state index contributed by atoms with van der Waals surface area (Å²) in [5.74, 6) is -1.88. The molecular weight excluding hydrogens is 337 g/mol. The van der Waals surface area contributed by atoms with Gasteiger partial charge in [0.25, 0.3) is 11.7 Å². The Morgan fingerprint density at radius 1 is 1.42 bits per heavy atom. The number of rotatable bonds is 4. The summed E-state index contributed by atoms with van der Waals surface area (Å²) in [4.78, 5) is 25.1. The molecule has 1 aliphatic rings. The topological polar surface area (TPSA) is 37.4 Å². The minimum Gasteiger partial charge on any atom is -0.302 e. The van der Waals surface area contributed by atoms with Crippen LogP contribution in [-0.4, -0.2) is 23.6 Å². The molecule has 6 heteroatoms. The number of hydrogen-bond acceptors (Lipinski definition) is 2. The molecule has 1 aliphatic heterocycles. The summed E-state index contributed by atoms with van der Waals surface area (Å²) in [6.45, 7) is 2.28. The van der Waals surface area contributed by atoms with E-state index in [-0.39, 0.29) is 22.2 Å². The van der Waals surface area contributed by atoms with Crippen LogP contribution in [0.25, 0.3) is 0 Å². The highest BCUT2D eigenvalue weighted by Gasteiger charge is 2.40. The van der Waals surface area contributed by atoms with Crippen molar-refractivity contribution in [3.63, 3.8) is 0 Å². The quantitative estimate of drug-likeness (QED) is 0.617. The van der Waals surface area contributed by atoms with E-state index in [0.29, 0.717) is 11.9 Å². The summed E-state index contributed by atoms with van der Waals surface area (Å²) in [6, 6.07) is 2.47. The summed E-state index contributed by atoms with van der Waals surface area (Å²) >= 11 is 9.24.